The normalized spacial score (nSPS) is 14.9. The molecule has 2 heterocycles. The Morgan fingerprint density at radius 1 is 1.37 bits per heavy atom. The van der Waals surface area contributed by atoms with Gasteiger partial charge in [-0.3, -0.25) is 0 Å². The molecule has 0 saturated heterocycles. The molecule has 102 valence electrons. The van der Waals surface area contributed by atoms with Gasteiger partial charge in [-0.15, -0.1) is 11.3 Å². The second kappa shape index (κ2) is 5.73. The van der Waals surface area contributed by atoms with Crippen molar-refractivity contribution in [1.29, 1.82) is 0 Å². The van der Waals surface area contributed by atoms with Crippen LogP contribution in [0, 0.1) is 0 Å². The van der Waals surface area contributed by atoms with Crippen molar-refractivity contribution in [1.82, 2.24) is 5.32 Å². The molecule has 3 N–H and O–H groups in total. The molecule has 0 unspecified atom stereocenters. The van der Waals surface area contributed by atoms with Gasteiger partial charge in [-0.25, -0.2) is 13.6 Å². The first-order valence-corrected chi connectivity index (χ1v) is 8.39. The van der Waals surface area contributed by atoms with Crippen LogP contribution in [-0.4, -0.2) is 8.42 Å². The van der Waals surface area contributed by atoms with Crippen LogP contribution in [0.15, 0.2) is 40.9 Å². The fourth-order valence-corrected chi connectivity index (χ4v) is 4.42. The van der Waals surface area contributed by atoms with E-state index in [1.165, 1.54) is 11.3 Å². The van der Waals surface area contributed by atoms with E-state index in [2.05, 4.69) is 5.32 Å². The van der Waals surface area contributed by atoms with E-state index in [-0.39, 0.29) is 4.90 Å². The molecule has 1 aromatic rings. The van der Waals surface area contributed by atoms with Gasteiger partial charge in [0.05, 0.1) is 4.88 Å². The summed E-state index contributed by atoms with van der Waals surface area (Å²) >= 11 is 1.42. The predicted molar refractivity (Wildman–Crippen MR) is 79.1 cm³/mol. The van der Waals surface area contributed by atoms with E-state index >= 15 is 0 Å². The Hall–Kier alpha value is -1.37. The fourth-order valence-electron chi connectivity index (χ4n) is 1.94. The summed E-state index contributed by atoms with van der Waals surface area (Å²) < 4.78 is 23.7. The van der Waals surface area contributed by atoms with Crippen LogP contribution in [0.2, 0.25) is 0 Å². The molecule has 0 aliphatic carbocycles. The van der Waals surface area contributed by atoms with Gasteiger partial charge in [-0.1, -0.05) is 19.4 Å². The largest absolute Gasteiger partial charge is 0.368 e. The highest BCUT2D eigenvalue weighted by molar-refractivity contribution is 7.89. The minimum Gasteiger partial charge on any atom is -0.368 e. The zero-order chi connectivity index (χ0) is 13.9. The minimum atomic E-state index is -3.71. The number of aryl methyl sites for hydroxylation is 1. The molecular formula is C13H16N2O2S2. The lowest BCUT2D eigenvalue weighted by Crippen LogP contribution is -2.14. The third kappa shape index (κ3) is 3.15. The molecule has 1 aromatic heterocycles. The standard InChI is InChI=1S/C13H16N2O2S2/c1-2-4-11-9-18-12(13(11)19(14,16)17)10-5-3-7-15-8-6-10/h3,5-9,15H,2,4H2,1H3,(H2,14,16,17). The summed E-state index contributed by atoms with van der Waals surface area (Å²) in [6, 6.07) is 0. The maximum Gasteiger partial charge on any atom is 0.239 e. The summed E-state index contributed by atoms with van der Waals surface area (Å²) in [7, 11) is -3.71. The third-order valence-electron chi connectivity index (χ3n) is 2.71. The van der Waals surface area contributed by atoms with E-state index in [4.69, 9.17) is 5.14 Å². The molecule has 0 fully saturated rings. The highest BCUT2D eigenvalue weighted by Gasteiger charge is 2.22. The van der Waals surface area contributed by atoms with Crippen molar-refractivity contribution in [3.63, 3.8) is 0 Å². The lowest BCUT2D eigenvalue weighted by Gasteiger charge is -2.05. The Labute approximate surface area is 117 Å². The van der Waals surface area contributed by atoms with Crippen molar-refractivity contribution in [3.05, 3.63) is 46.4 Å². The van der Waals surface area contributed by atoms with E-state index < -0.39 is 10.0 Å². The lowest BCUT2D eigenvalue weighted by atomic mass is 10.1. The number of allylic oxidation sites excluding steroid dienone is 4. The Balaban J connectivity index is 2.58. The number of rotatable bonds is 4. The smallest absolute Gasteiger partial charge is 0.239 e. The zero-order valence-corrected chi connectivity index (χ0v) is 12.2. The van der Waals surface area contributed by atoms with Gasteiger partial charge in [-0.2, -0.15) is 0 Å². The quantitative estimate of drug-likeness (QED) is 0.896. The van der Waals surface area contributed by atoms with E-state index in [1.807, 2.05) is 30.5 Å². The predicted octanol–water partition coefficient (Wildman–Crippen LogP) is 2.36. The van der Waals surface area contributed by atoms with Crippen molar-refractivity contribution < 1.29 is 8.42 Å². The van der Waals surface area contributed by atoms with Crippen molar-refractivity contribution >= 4 is 26.9 Å². The maximum absolute atomic E-state index is 11.8. The Bertz CT molecular complexity index is 652. The van der Waals surface area contributed by atoms with Gasteiger partial charge >= 0.3 is 0 Å². The SMILES string of the molecule is CCCc1csc(C2=CC=CNC=C2)c1S(N)(=O)=O. The van der Waals surface area contributed by atoms with Crippen molar-refractivity contribution in [2.75, 3.05) is 0 Å². The molecule has 0 atom stereocenters. The van der Waals surface area contributed by atoms with Crippen LogP contribution < -0.4 is 10.5 Å². The van der Waals surface area contributed by atoms with Gasteiger partial charge in [0, 0.05) is 12.4 Å². The summed E-state index contributed by atoms with van der Waals surface area (Å²) in [6.07, 6.45) is 10.7. The van der Waals surface area contributed by atoms with Crippen molar-refractivity contribution in [3.8, 4) is 0 Å². The Kier molecular flexibility index (Phi) is 4.24. The number of hydrogen-bond acceptors (Lipinski definition) is 4. The molecule has 4 nitrogen and oxygen atoms in total. The molecule has 19 heavy (non-hydrogen) atoms. The summed E-state index contributed by atoms with van der Waals surface area (Å²) in [5, 5.41) is 10.2. The van der Waals surface area contributed by atoms with Crippen LogP contribution >= 0.6 is 11.3 Å². The van der Waals surface area contributed by atoms with Gasteiger partial charge in [0.15, 0.2) is 0 Å². The van der Waals surface area contributed by atoms with Gasteiger partial charge in [0.2, 0.25) is 10.0 Å². The van der Waals surface area contributed by atoms with Gasteiger partial charge in [0.25, 0.3) is 0 Å². The van der Waals surface area contributed by atoms with Gasteiger partial charge < -0.3 is 5.32 Å². The molecule has 0 bridgehead atoms. The highest BCUT2D eigenvalue weighted by Crippen LogP contribution is 2.34. The number of nitrogens with two attached hydrogens (primary N) is 1. The molecule has 0 saturated carbocycles. The number of hydrogen-bond donors (Lipinski definition) is 2. The zero-order valence-electron chi connectivity index (χ0n) is 10.6. The maximum atomic E-state index is 11.8. The average molecular weight is 296 g/mol. The summed E-state index contributed by atoms with van der Waals surface area (Å²) in [5.74, 6) is 0. The van der Waals surface area contributed by atoms with Crippen molar-refractivity contribution in [2.45, 2.75) is 24.7 Å². The van der Waals surface area contributed by atoms with Crippen LogP contribution in [0.3, 0.4) is 0 Å². The number of nitrogens with one attached hydrogen (secondary N) is 1. The minimum absolute atomic E-state index is 0.269. The molecule has 0 aromatic carbocycles. The first-order valence-electron chi connectivity index (χ1n) is 5.97. The molecule has 1 aliphatic rings. The number of sulfonamides is 1. The Morgan fingerprint density at radius 2 is 2.16 bits per heavy atom. The molecule has 6 heteroatoms. The topological polar surface area (TPSA) is 72.2 Å². The van der Waals surface area contributed by atoms with E-state index in [1.54, 1.807) is 12.4 Å². The first-order chi connectivity index (χ1) is 9.04. The van der Waals surface area contributed by atoms with E-state index in [0.717, 1.165) is 17.6 Å². The number of primary sulfonamides is 1. The van der Waals surface area contributed by atoms with Gasteiger partial charge in [-0.05, 0) is 35.1 Å². The van der Waals surface area contributed by atoms with Crippen LogP contribution in [0.1, 0.15) is 23.8 Å². The van der Waals surface area contributed by atoms with E-state index in [9.17, 15) is 8.42 Å². The molecule has 0 spiro atoms. The molecule has 0 amide bonds. The van der Waals surface area contributed by atoms with Crippen molar-refractivity contribution in [2.24, 2.45) is 5.14 Å². The lowest BCUT2D eigenvalue weighted by molar-refractivity contribution is 0.596. The average Bonchev–Trinajstić information content (AvgIpc) is 2.59. The van der Waals surface area contributed by atoms with Crippen LogP contribution in [0.5, 0.6) is 0 Å². The number of thiophene rings is 1. The first kappa shape index (κ1) is 14.0. The molecule has 0 radical (unpaired) electrons. The highest BCUT2D eigenvalue weighted by atomic mass is 32.2. The molecule has 2 rings (SSSR count). The van der Waals surface area contributed by atoms with Crippen LogP contribution in [-0.2, 0) is 16.4 Å². The third-order valence-corrected chi connectivity index (χ3v) is 4.95. The van der Waals surface area contributed by atoms with Crippen LogP contribution in [0.25, 0.3) is 5.57 Å². The second-order valence-corrected chi connectivity index (χ2v) is 6.57. The molecular weight excluding hydrogens is 280 g/mol. The fraction of sp³-hybridized carbons (Fsp3) is 0.231. The summed E-state index contributed by atoms with van der Waals surface area (Å²) in [6.45, 7) is 2.02. The van der Waals surface area contributed by atoms with Gasteiger partial charge in [0.1, 0.15) is 4.90 Å². The summed E-state index contributed by atoms with van der Waals surface area (Å²) in [4.78, 5) is 0.973. The van der Waals surface area contributed by atoms with E-state index in [0.29, 0.717) is 11.3 Å². The Morgan fingerprint density at radius 3 is 2.84 bits per heavy atom. The monoisotopic (exact) mass is 296 g/mol. The second-order valence-electron chi connectivity index (χ2n) is 4.20. The van der Waals surface area contributed by atoms with Crippen LogP contribution in [0.4, 0.5) is 0 Å². The molecule has 1 aliphatic heterocycles. The summed E-state index contributed by atoms with van der Waals surface area (Å²) in [5.41, 5.74) is 1.65.